The number of nitrogens with two attached hydrogens (primary N) is 1. The fraction of sp³-hybridized carbons (Fsp3) is 0.200. The van der Waals surface area contributed by atoms with Gasteiger partial charge in [-0.25, -0.2) is 9.97 Å². The second-order valence-electron chi connectivity index (χ2n) is 7.73. The Balaban J connectivity index is 1.75. The fourth-order valence-corrected chi connectivity index (χ4v) is 3.67. The predicted molar refractivity (Wildman–Crippen MR) is 126 cm³/mol. The number of ether oxygens (including phenoxy) is 1. The largest absolute Gasteiger partial charge is 0.496 e. The van der Waals surface area contributed by atoms with Crippen molar-refractivity contribution < 1.29 is 13.9 Å². The van der Waals surface area contributed by atoms with Crippen LogP contribution in [0.4, 0.5) is 5.82 Å². The summed E-state index contributed by atoms with van der Waals surface area (Å²) in [6.45, 7) is 5.92. The van der Waals surface area contributed by atoms with Gasteiger partial charge in [-0.2, -0.15) is 0 Å². The van der Waals surface area contributed by atoms with Gasteiger partial charge in [0.25, 0.3) is 5.91 Å². The van der Waals surface area contributed by atoms with E-state index in [1.807, 2.05) is 63.2 Å². The average Bonchev–Trinajstić information content (AvgIpc) is 3.22. The number of aromatic nitrogens is 3. The zero-order valence-electron chi connectivity index (χ0n) is 19.0. The van der Waals surface area contributed by atoms with Crippen LogP contribution in [0.3, 0.4) is 0 Å². The van der Waals surface area contributed by atoms with Gasteiger partial charge in [-0.15, -0.1) is 0 Å². The lowest BCUT2D eigenvalue weighted by atomic mass is 10.0. The number of anilines is 1. The van der Waals surface area contributed by atoms with Crippen LogP contribution in [-0.2, 0) is 6.54 Å². The summed E-state index contributed by atoms with van der Waals surface area (Å²) in [6, 6.07) is 13.1. The smallest absolute Gasteiger partial charge is 0.274 e. The molecule has 0 fully saturated rings. The van der Waals surface area contributed by atoms with E-state index in [4.69, 9.17) is 14.9 Å². The monoisotopic (exact) mass is 443 g/mol. The van der Waals surface area contributed by atoms with E-state index in [2.05, 4.69) is 20.3 Å². The van der Waals surface area contributed by atoms with Crippen molar-refractivity contribution in [2.45, 2.75) is 27.3 Å². The molecule has 0 aliphatic heterocycles. The van der Waals surface area contributed by atoms with Crippen LogP contribution in [0.15, 0.2) is 53.1 Å². The van der Waals surface area contributed by atoms with E-state index in [1.165, 1.54) is 0 Å². The van der Waals surface area contributed by atoms with Crippen LogP contribution in [0.5, 0.6) is 5.75 Å². The average molecular weight is 444 g/mol. The lowest BCUT2D eigenvalue weighted by Crippen LogP contribution is -2.26. The van der Waals surface area contributed by atoms with Crippen molar-refractivity contribution in [1.82, 2.24) is 20.3 Å². The number of amides is 1. The van der Waals surface area contributed by atoms with Gasteiger partial charge < -0.3 is 20.2 Å². The first kappa shape index (κ1) is 22.0. The van der Waals surface area contributed by atoms with Crippen LogP contribution in [0.1, 0.15) is 33.2 Å². The summed E-state index contributed by atoms with van der Waals surface area (Å²) >= 11 is 0. The second-order valence-corrected chi connectivity index (χ2v) is 7.73. The topological polar surface area (TPSA) is 116 Å². The normalized spacial score (nSPS) is 10.8. The summed E-state index contributed by atoms with van der Waals surface area (Å²) < 4.78 is 10.8. The number of nitrogens with zero attached hydrogens (tertiary/aromatic N) is 3. The van der Waals surface area contributed by atoms with Crippen LogP contribution in [0.25, 0.3) is 22.5 Å². The summed E-state index contributed by atoms with van der Waals surface area (Å²) in [6.07, 6.45) is 1.60. The minimum absolute atomic E-state index is 0.0348. The maximum atomic E-state index is 13.0. The van der Waals surface area contributed by atoms with E-state index in [1.54, 1.807) is 13.4 Å². The van der Waals surface area contributed by atoms with Gasteiger partial charge in [-0.3, -0.25) is 9.78 Å². The number of benzene rings is 1. The molecule has 8 nitrogen and oxygen atoms in total. The summed E-state index contributed by atoms with van der Waals surface area (Å²) in [5.74, 6) is 1.03. The maximum Gasteiger partial charge on any atom is 0.274 e. The van der Waals surface area contributed by atoms with E-state index in [0.29, 0.717) is 17.1 Å². The van der Waals surface area contributed by atoms with Gasteiger partial charge in [0.05, 0.1) is 12.8 Å². The number of nitrogens with one attached hydrogen (secondary N) is 1. The number of carbonyl (C=O) groups is 1. The molecule has 0 spiro atoms. The maximum absolute atomic E-state index is 13.0. The Bertz CT molecular complexity index is 1310. The zero-order valence-corrected chi connectivity index (χ0v) is 19.0. The van der Waals surface area contributed by atoms with E-state index < -0.39 is 5.91 Å². The van der Waals surface area contributed by atoms with Crippen molar-refractivity contribution in [3.63, 3.8) is 0 Å². The SMILES string of the molecule is COc1ccccc1CNC(=O)c1nc(-c2cc(C)nc(C)c2)c(-c2coc(C)c2)nc1N. The molecule has 0 unspecified atom stereocenters. The predicted octanol–water partition coefficient (Wildman–Crippen LogP) is 4.24. The standard InChI is InChI=1S/C25H25N5O3/c1-14-9-18(10-15(2)28-14)21-22(19-11-16(3)33-13-19)30-24(26)23(29-21)25(31)27-12-17-7-5-6-8-20(17)32-4/h5-11,13H,12H2,1-4H3,(H2,26,30)(H,27,31). The first-order valence-corrected chi connectivity index (χ1v) is 10.4. The fourth-order valence-electron chi connectivity index (χ4n) is 3.67. The molecule has 0 saturated heterocycles. The highest BCUT2D eigenvalue weighted by atomic mass is 16.5. The van der Waals surface area contributed by atoms with Crippen molar-refractivity contribution in [2.24, 2.45) is 0 Å². The summed E-state index contributed by atoms with van der Waals surface area (Å²) in [7, 11) is 1.59. The third-order valence-corrected chi connectivity index (χ3v) is 5.13. The first-order chi connectivity index (χ1) is 15.9. The summed E-state index contributed by atoms with van der Waals surface area (Å²) in [4.78, 5) is 26.7. The van der Waals surface area contributed by atoms with Gasteiger partial charge in [0.1, 0.15) is 23.5 Å². The molecule has 0 aliphatic rings. The number of furan rings is 1. The zero-order chi connectivity index (χ0) is 23.5. The molecular weight excluding hydrogens is 418 g/mol. The van der Waals surface area contributed by atoms with Gasteiger partial charge in [0, 0.05) is 34.6 Å². The Morgan fingerprint density at radius 1 is 1.00 bits per heavy atom. The third kappa shape index (κ3) is 4.69. The minimum Gasteiger partial charge on any atom is -0.496 e. The molecule has 3 aromatic heterocycles. The lowest BCUT2D eigenvalue weighted by molar-refractivity contribution is 0.0946. The highest BCUT2D eigenvalue weighted by molar-refractivity contribution is 5.98. The highest BCUT2D eigenvalue weighted by Crippen LogP contribution is 2.32. The van der Waals surface area contributed by atoms with E-state index in [0.717, 1.165) is 33.8 Å². The van der Waals surface area contributed by atoms with Gasteiger partial charge >= 0.3 is 0 Å². The third-order valence-electron chi connectivity index (χ3n) is 5.13. The van der Waals surface area contributed by atoms with Crippen LogP contribution >= 0.6 is 0 Å². The molecule has 33 heavy (non-hydrogen) atoms. The van der Waals surface area contributed by atoms with Gasteiger partial charge in [0.15, 0.2) is 11.5 Å². The van der Waals surface area contributed by atoms with Crippen molar-refractivity contribution in [3.05, 3.63) is 77.1 Å². The van der Waals surface area contributed by atoms with E-state index >= 15 is 0 Å². The molecule has 0 bridgehead atoms. The van der Waals surface area contributed by atoms with Gasteiger partial charge in [-0.1, -0.05) is 18.2 Å². The van der Waals surface area contributed by atoms with Gasteiger partial charge in [0.2, 0.25) is 0 Å². The van der Waals surface area contributed by atoms with Crippen LogP contribution in [0, 0.1) is 20.8 Å². The molecule has 3 N–H and O–H groups in total. The Morgan fingerprint density at radius 2 is 1.70 bits per heavy atom. The summed E-state index contributed by atoms with van der Waals surface area (Å²) in [5.41, 5.74) is 11.3. The second kappa shape index (κ2) is 9.12. The molecule has 1 amide bonds. The van der Waals surface area contributed by atoms with Crippen molar-refractivity contribution >= 4 is 11.7 Å². The van der Waals surface area contributed by atoms with Crippen molar-refractivity contribution in [2.75, 3.05) is 12.8 Å². The quantitative estimate of drug-likeness (QED) is 0.458. The number of aryl methyl sites for hydroxylation is 3. The molecule has 0 aliphatic carbocycles. The van der Waals surface area contributed by atoms with Crippen molar-refractivity contribution in [3.8, 4) is 28.3 Å². The number of carbonyl (C=O) groups excluding carboxylic acids is 1. The number of pyridine rings is 1. The van der Waals surface area contributed by atoms with Crippen molar-refractivity contribution in [1.29, 1.82) is 0 Å². The molecule has 8 heteroatoms. The molecule has 1 aromatic carbocycles. The van der Waals surface area contributed by atoms with Gasteiger partial charge in [-0.05, 0) is 45.0 Å². The van der Waals surface area contributed by atoms with E-state index in [-0.39, 0.29) is 18.1 Å². The number of methoxy groups -OCH3 is 1. The Labute approximate surface area is 191 Å². The molecule has 3 heterocycles. The molecule has 0 saturated carbocycles. The molecule has 0 atom stereocenters. The number of hydrogen-bond acceptors (Lipinski definition) is 7. The lowest BCUT2D eigenvalue weighted by Gasteiger charge is -2.13. The summed E-state index contributed by atoms with van der Waals surface area (Å²) in [5, 5.41) is 2.86. The van der Waals surface area contributed by atoms with Crippen LogP contribution in [-0.4, -0.2) is 28.0 Å². The number of para-hydroxylation sites is 1. The Hall–Kier alpha value is -4.20. The highest BCUT2D eigenvalue weighted by Gasteiger charge is 2.21. The molecule has 0 radical (unpaired) electrons. The van der Waals surface area contributed by atoms with E-state index in [9.17, 15) is 4.79 Å². The Kier molecular flexibility index (Phi) is 6.08. The number of hydrogen-bond donors (Lipinski definition) is 2. The first-order valence-electron chi connectivity index (χ1n) is 10.4. The van der Waals surface area contributed by atoms with Crippen LogP contribution < -0.4 is 15.8 Å². The Morgan fingerprint density at radius 3 is 2.36 bits per heavy atom. The minimum atomic E-state index is -0.426. The molecule has 168 valence electrons. The van der Waals surface area contributed by atoms with Crippen LogP contribution in [0.2, 0.25) is 0 Å². The molecular formula is C25H25N5O3. The number of rotatable bonds is 6. The molecule has 4 rings (SSSR count). The number of nitrogen functional groups attached to an aromatic ring is 1. The molecule has 4 aromatic rings.